The van der Waals surface area contributed by atoms with E-state index in [4.69, 9.17) is 11.6 Å². The number of amides is 1. The van der Waals surface area contributed by atoms with Crippen molar-refractivity contribution in [3.05, 3.63) is 17.4 Å². The first-order valence-electron chi connectivity index (χ1n) is 4.26. The standard InChI is InChI=1S/C9H11ClN2OS/c1-2-3-14-8-4-9(10)11-5-7(8)12-6-13/h4-6H,2-3H2,1H3,(H,12,13). The van der Waals surface area contributed by atoms with Crippen LogP contribution in [0.4, 0.5) is 5.69 Å². The van der Waals surface area contributed by atoms with Crippen LogP contribution in [0.15, 0.2) is 17.2 Å². The Hall–Kier alpha value is -0.740. The molecule has 76 valence electrons. The summed E-state index contributed by atoms with van der Waals surface area (Å²) >= 11 is 7.41. The Morgan fingerprint density at radius 1 is 1.71 bits per heavy atom. The summed E-state index contributed by atoms with van der Waals surface area (Å²) in [5.41, 5.74) is 0.711. The smallest absolute Gasteiger partial charge is 0.211 e. The van der Waals surface area contributed by atoms with E-state index in [1.54, 1.807) is 24.0 Å². The van der Waals surface area contributed by atoms with Gasteiger partial charge < -0.3 is 5.32 Å². The van der Waals surface area contributed by atoms with Crippen molar-refractivity contribution in [1.82, 2.24) is 4.98 Å². The molecule has 0 aliphatic carbocycles. The summed E-state index contributed by atoms with van der Waals surface area (Å²) in [7, 11) is 0. The number of aromatic nitrogens is 1. The van der Waals surface area contributed by atoms with E-state index in [0.717, 1.165) is 17.1 Å². The van der Waals surface area contributed by atoms with Crippen molar-refractivity contribution in [2.45, 2.75) is 18.2 Å². The molecule has 1 amide bonds. The van der Waals surface area contributed by atoms with Gasteiger partial charge in [0, 0.05) is 4.90 Å². The molecule has 0 aliphatic rings. The SMILES string of the molecule is CCCSc1cc(Cl)ncc1NC=O. The fraction of sp³-hybridized carbons (Fsp3) is 0.333. The molecule has 0 bridgehead atoms. The van der Waals surface area contributed by atoms with Crippen molar-refractivity contribution < 1.29 is 4.79 Å². The van der Waals surface area contributed by atoms with E-state index in [2.05, 4.69) is 17.2 Å². The molecule has 0 unspecified atom stereocenters. The maximum absolute atomic E-state index is 10.3. The van der Waals surface area contributed by atoms with Crippen LogP contribution in [0.3, 0.4) is 0 Å². The van der Waals surface area contributed by atoms with Crippen LogP contribution in [0.5, 0.6) is 0 Å². The molecule has 1 rings (SSSR count). The number of nitrogens with one attached hydrogen (secondary N) is 1. The van der Waals surface area contributed by atoms with Crippen molar-refractivity contribution in [3.8, 4) is 0 Å². The van der Waals surface area contributed by atoms with E-state index < -0.39 is 0 Å². The minimum Gasteiger partial charge on any atom is -0.326 e. The molecule has 1 aromatic heterocycles. The summed E-state index contributed by atoms with van der Waals surface area (Å²) in [6.45, 7) is 2.10. The number of nitrogens with zero attached hydrogens (tertiary/aromatic N) is 1. The number of hydrogen-bond donors (Lipinski definition) is 1. The van der Waals surface area contributed by atoms with Gasteiger partial charge in [-0.1, -0.05) is 18.5 Å². The molecular formula is C9H11ClN2OS. The van der Waals surface area contributed by atoms with Gasteiger partial charge in [-0.2, -0.15) is 0 Å². The molecular weight excluding hydrogens is 220 g/mol. The second-order valence-electron chi connectivity index (χ2n) is 2.61. The highest BCUT2D eigenvalue weighted by atomic mass is 35.5. The molecule has 0 aromatic carbocycles. The molecule has 0 atom stereocenters. The number of carbonyl (C=O) groups is 1. The Bertz CT molecular complexity index is 320. The molecule has 0 saturated carbocycles. The van der Waals surface area contributed by atoms with Gasteiger partial charge in [-0.05, 0) is 18.2 Å². The van der Waals surface area contributed by atoms with Crippen molar-refractivity contribution >= 4 is 35.5 Å². The lowest BCUT2D eigenvalue weighted by molar-refractivity contribution is -0.105. The largest absolute Gasteiger partial charge is 0.326 e. The Morgan fingerprint density at radius 2 is 2.50 bits per heavy atom. The zero-order valence-corrected chi connectivity index (χ0v) is 9.36. The van der Waals surface area contributed by atoms with E-state index in [-0.39, 0.29) is 0 Å². The molecule has 3 nitrogen and oxygen atoms in total. The molecule has 1 aromatic rings. The van der Waals surface area contributed by atoms with Crippen LogP contribution in [0.1, 0.15) is 13.3 Å². The first-order chi connectivity index (χ1) is 6.77. The number of thioether (sulfide) groups is 1. The average molecular weight is 231 g/mol. The first kappa shape index (κ1) is 11.3. The Balaban J connectivity index is 2.84. The second kappa shape index (κ2) is 5.88. The number of pyridine rings is 1. The maximum Gasteiger partial charge on any atom is 0.211 e. The highest BCUT2D eigenvalue weighted by Crippen LogP contribution is 2.28. The molecule has 0 radical (unpaired) electrons. The van der Waals surface area contributed by atoms with E-state index in [1.165, 1.54) is 0 Å². The number of anilines is 1. The number of rotatable bonds is 5. The topological polar surface area (TPSA) is 42.0 Å². The number of hydrogen-bond acceptors (Lipinski definition) is 3. The lowest BCUT2D eigenvalue weighted by atomic mass is 10.4. The Kier molecular flexibility index (Phi) is 4.76. The fourth-order valence-corrected chi connectivity index (χ4v) is 2.03. The fourth-order valence-electron chi connectivity index (χ4n) is 0.916. The summed E-state index contributed by atoms with van der Waals surface area (Å²) in [5.74, 6) is 0.994. The molecule has 0 fully saturated rings. The summed E-state index contributed by atoms with van der Waals surface area (Å²) in [4.78, 5) is 15.2. The average Bonchev–Trinajstić information content (AvgIpc) is 2.18. The number of carbonyl (C=O) groups excluding carboxylic acids is 1. The zero-order chi connectivity index (χ0) is 10.4. The van der Waals surface area contributed by atoms with Crippen molar-refractivity contribution in [2.24, 2.45) is 0 Å². The molecule has 0 saturated heterocycles. The van der Waals surface area contributed by atoms with Crippen LogP contribution in [0.25, 0.3) is 0 Å². The Labute approximate surface area is 92.2 Å². The van der Waals surface area contributed by atoms with Crippen LogP contribution in [0.2, 0.25) is 5.15 Å². The lowest BCUT2D eigenvalue weighted by Crippen LogP contribution is -1.97. The molecule has 1 N–H and O–H groups in total. The van der Waals surface area contributed by atoms with Gasteiger partial charge >= 0.3 is 0 Å². The molecule has 14 heavy (non-hydrogen) atoms. The summed E-state index contributed by atoms with van der Waals surface area (Å²) in [6, 6.07) is 1.76. The third-order valence-electron chi connectivity index (χ3n) is 1.51. The lowest BCUT2D eigenvalue weighted by Gasteiger charge is -2.06. The quantitative estimate of drug-likeness (QED) is 0.481. The van der Waals surface area contributed by atoms with Crippen LogP contribution >= 0.6 is 23.4 Å². The monoisotopic (exact) mass is 230 g/mol. The highest BCUT2D eigenvalue weighted by molar-refractivity contribution is 7.99. The Morgan fingerprint density at radius 3 is 3.14 bits per heavy atom. The van der Waals surface area contributed by atoms with Gasteiger partial charge in [-0.3, -0.25) is 4.79 Å². The van der Waals surface area contributed by atoms with Gasteiger partial charge in [0.15, 0.2) is 0 Å². The minimum absolute atomic E-state index is 0.444. The summed E-state index contributed by atoms with van der Waals surface area (Å²) in [5, 5.41) is 3.03. The molecule has 0 aliphatic heterocycles. The normalized spacial score (nSPS) is 9.86. The van der Waals surface area contributed by atoms with Crippen LogP contribution < -0.4 is 5.32 Å². The third kappa shape index (κ3) is 3.20. The van der Waals surface area contributed by atoms with Gasteiger partial charge in [0.05, 0.1) is 11.9 Å². The van der Waals surface area contributed by atoms with E-state index >= 15 is 0 Å². The van der Waals surface area contributed by atoms with Crippen molar-refractivity contribution in [2.75, 3.05) is 11.1 Å². The predicted octanol–water partition coefficient (Wildman–Crippen LogP) is 2.81. The van der Waals surface area contributed by atoms with Crippen molar-refractivity contribution in [3.63, 3.8) is 0 Å². The third-order valence-corrected chi connectivity index (χ3v) is 2.98. The molecule has 0 spiro atoms. The van der Waals surface area contributed by atoms with E-state index in [9.17, 15) is 4.79 Å². The van der Waals surface area contributed by atoms with Gasteiger partial charge in [0.1, 0.15) is 5.15 Å². The molecule has 5 heteroatoms. The minimum atomic E-state index is 0.444. The highest BCUT2D eigenvalue weighted by Gasteiger charge is 2.03. The van der Waals surface area contributed by atoms with Crippen LogP contribution in [-0.4, -0.2) is 17.1 Å². The van der Waals surface area contributed by atoms with Crippen LogP contribution in [-0.2, 0) is 4.79 Å². The molecule has 1 heterocycles. The van der Waals surface area contributed by atoms with Gasteiger partial charge in [0.2, 0.25) is 6.41 Å². The predicted molar refractivity (Wildman–Crippen MR) is 59.9 cm³/mol. The van der Waals surface area contributed by atoms with Gasteiger partial charge in [0.25, 0.3) is 0 Å². The van der Waals surface area contributed by atoms with Crippen molar-refractivity contribution in [1.29, 1.82) is 0 Å². The van der Waals surface area contributed by atoms with E-state index in [0.29, 0.717) is 17.3 Å². The van der Waals surface area contributed by atoms with Gasteiger partial charge in [-0.15, -0.1) is 11.8 Å². The summed E-state index contributed by atoms with van der Waals surface area (Å²) in [6.07, 6.45) is 3.28. The maximum atomic E-state index is 10.3. The first-order valence-corrected chi connectivity index (χ1v) is 5.62. The van der Waals surface area contributed by atoms with Gasteiger partial charge in [-0.25, -0.2) is 4.98 Å². The second-order valence-corrected chi connectivity index (χ2v) is 4.14. The van der Waals surface area contributed by atoms with E-state index in [1.807, 2.05) is 0 Å². The zero-order valence-electron chi connectivity index (χ0n) is 7.79. The summed E-state index contributed by atoms with van der Waals surface area (Å²) < 4.78 is 0. The number of halogens is 1. The van der Waals surface area contributed by atoms with Crippen LogP contribution in [0, 0.1) is 0 Å².